The Morgan fingerprint density at radius 3 is 2.64 bits per heavy atom. The summed E-state index contributed by atoms with van der Waals surface area (Å²) >= 11 is 0. The Kier molecular flexibility index (Phi) is 5.87. The van der Waals surface area contributed by atoms with E-state index in [1.54, 1.807) is 0 Å². The van der Waals surface area contributed by atoms with Crippen molar-refractivity contribution in [3.8, 4) is 0 Å². The number of pyridine rings is 1. The largest absolute Gasteiger partial charge is 0.479 e. The van der Waals surface area contributed by atoms with Crippen LogP contribution in [-0.4, -0.2) is 26.8 Å². The number of ether oxygens (including phenoxy) is 1. The fraction of sp³-hybridized carbons (Fsp3) is 0.478. The molecule has 0 bridgehead atoms. The normalized spacial score (nSPS) is 18.4. The van der Waals surface area contributed by atoms with Gasteiger partial charge in [0.15, 0.2) is 6.10 Å². The van der Waals surface area contributed by atoms with Crippen molar-refractivity contribution in [1.82, 2.24) is 4.98 Å². The average molecular weight is 383 g/mol. The molecule has 28 heavy (non-hydrogen) atoms. The van der Waals surface area contributed by atoms with E-state index >= 15 is 0 Å². The number of carboxylic acids is 1. The van der Waals surface area contributed by atoms with Crippen LogP contribution >= 0.6 is 0 Å². The minimum Gasteiger partial charge on any atom is -0.479 e. The van der Waals surface area contributed by atoms with E-state index < -0.39 is 17.7 Å². The molecule has 2 unspecified atom stereocenters. The molecule has 5 nitrogen and oxygen atoms in total. The van der Waals surface area contributed by atoms with Gasteiger partial charge in [0.05, 0.1) is 23.4 Å². The topological polar surface area (TPSA) is 79.7 Å². The molecule has 5 heteroatoms. The smallest absolute Gasteiger partial charge is 0.337 e. The maximum absolute atomic E-state index is 11.9. The summed E-state index contributed by atoms with van der Waals surface area (Å²) in [6.45, 7) is 7.31. The summed E-state index contributed by atoms with van der Waals surface area (Å²) in [7, 11) is 0. The second-order valence-electron chi connectivity index (χ2n) is 8.50. The molecule has 0 spiro atoms. The molecule has 3 rings (SSSR count). The fourth-order valence-corrected chi connectivity index (χ4v) is 3.80. The zero-order chi connectivity index (χ0) is 20.5. The van der Waals surface area contributed by atoms with Gasteiger partial charge in [-0.1, -0.05) is 12.2 Å². The zero-order valence-electron chi connectivity index (χ0n) is 17.0. The van der Waals surface area contributed by atoms with Gasteiger partial charge in [0.2, 0.25) is 0 Å². The van der Waals surface area contributed by atoms with E-state index in [0.29, 0.717) is 11.3 Å². The predicted octanol–water partition coefficient (Wildman–Crippen LogP) is 4.80. The lowest BCUT2D eigenvalue weighted by Crippen LogP contribution is -2.27. The number of carboxylic acid groups (broad SMARTS) is 1. The SMILES string of the molecule is Cc1cc2nc(CO)c(C3C=CCCC3)cc2cc1C(OC(C)(C)C)C(=O)O. The zero-order valence-corrected chi connectivity index (χ0v) is 17.0. The van der Waals surface area contributed by atoms with Gasteiger partial charge in [-0.25, -0.2) is 4.79 Å². The molecule has 1 heterocycles. The molecule has 150 valence electrons. The van der Waals surface area contributed by atoms with Crippen molar-refractivity contribution in [2.75, 3.05) is 0 Å². The third kappa shape index (κ3) is 4.42. The van der Waals surface area contributed by atoms with Gasteiger partial charge in [-0.15, -0.1) is 0 Å². The standard InChI is InChI=1S/C23H29NO4/c1-14-10-19-16(11-17(14)21(22(26)27)28-23(2,3)4)12-18(20(13-25)24-19)15-8-6-5-7-9-15/h6,8,10-12,15,21,25H,5,7,9,13H2,1-4H3,(H,26,27). The number of fused-ring (bicyclic) bond motifs is 1. The summed E-state index contributed by atoms with van der Waals surface area (Å²) in [5.74, 6) is -0.772. The highest BCUT2D eigenvalue weighted by Crippen LogP contribution is 2.34. The number of aryl methyl sites for hydroxylation is 1. The summed E-state index contributed by atoms with van der Waals surface area (Å²) in [6.07, 6.45) is 6.55. The number of aliphatic carboxylic acids is 1. The van der Waals surface area contributed by atoms with E-state index in [9.17, 15) is 15.0 Å². The van der Waals surface area contributed by atoms with Gasteiger partial charge in [-0.05, 0) is 81.8 Å². The van der Waals surface area contributed by atoms with Crippen LogP contribution in [0.25, 0.3) is 10.9 Å². The molecule has 2 N–H and O–H groups in total. The maximum atomic E-state index is 11.9. The summed E-state index contributed by atoms with van der Waals surface area (Å²) in [4.78, 5) is 16.6. The van der Waals surface area contributed by atoms with Crippen molar-refractivity contribution in [3.05, 3.63) is 52.7 Å². The summed E-state index contributed by atoms with van der Waals surface area (Å²) in [5, 5.41) is 20.5. The second kappa shape index (κ2) is 8.02. The van der Waals surface area contributed by atoms with Crippen molar-refractivity contribution in [3.63, 3.8) is 0 Å². The molecule has 0 saturated heterocycles. The third-order valence-corrected chi connectivity index (χ3v) is 5.10. The van der Waals surface area contributed by atoms with E-state index in [-0.39, 0.29) is 12.5 Å². The number of benzene rings is 1. The Morgan fingerprint density at radius 2 is 2.07 bits per heavy atom. The fourth-order valence-electron chi connectivity index (χ4n) is 3.80. The monoisotopic (exact) mass is 383 g/mol. The first-order valence-electron chi connectivity index (χ1n) is 9.82. The van der Waals surface area contributed by atoms with E-state index in [4.69, 9.17) is 4.74 Å². The molecular formula is C23H29NO4. The summed E-state index contributed by atoms with van der Waals surface area (Å²) in [6, 6.07) is 5.80. The van der Waals surface area contributed by atoms with E-state index in [1.165, 1.54) is 0 Å². The van der Waals surface area contributed by atoms with Gasteiger partial charge >= 0.3 is 5.97 Å². The van der Waals surface area contributed by atoms with Crippen molar-refractivity contribution in [2.24, 2.45) is 0 Å². The minimum absolute atomic E-state index is 0.110. The van der Waals surface area contributed by atoms with E-state index in [0.717, 1.165) is 41.3 Å². The quantitative estimate of drug-likeness (QED) is 0.725. The molecule has 0 aliphatic heterocycles. The van der Waals surface area contributed by atoms with Crippen LogP contribution in [0, 0.1) is 6.92 Å². The van der Waals surface area contributed by atoms with Crippen molar-refractivity contribution >= 4 is 16.9 Å². The minimum atomic E-state index is -1.04. The molecule has 1 aromatic heterocycles. The maximum Gasteiger partial charge on any atom is 0.337 e. The lowest BCUT2D eigenvalue weighted by Gasteiger charge is -2.26. The average Bonchev–Trinajstić information content (AvgIpc) is 2.64. The van der Waals surface area contributed by atoms with Gasteiger partial charge in [0.1, 0.15) is 0 Å². The second-order valence-corrected chi connectivity index (χ2v) is 8.50. The number of allylic oxidation sites excluding steroid dienone is 2. The highest BCUT2D eigenvalue weighted by molar-refractivity contribution is 5.84. The van der Waals surface area contributed by atoms with Gasteiger partial charge in [-0.3, -0.25) is 4.98 Å². The molecule has 1 aliphatic carbocycles. The van der Waals surface area contributed by atoms with Gasteiger partial charge in [0, 0.05) is 11.3 Å². The number of aromatic nitrogens is 1. The Bertz CT molecular complexity index is 911. The molecule has 0 fully saturated rings. The number of rotatable bonds is 5. The Hall–Kier alpha value is -2.24. The van der Waals surface area contributed by atoms with E-state index in [1.807, 2.05) is 45.9 Å². The number of aliphatic hydroxyl groups is 1. The first-order chi connectivity index (χ1) is 13.2. The summed E-state index contributed by atoms with van der Waals surface area (Å²) in [5.41, 5.74) is 3.33. The van der Waals surface area contributed by atoms with Crippen LogP contribution in [0.4, 0.5) is 0 Å². The van der Waals surface area contributed by atoms with Crippen LogP contribution in [0.5, 0.6) is 0 Å². The molecule has 2 aromatic rings. The Labute approximate surface area is 166 Å². The van der Waals surface area contributed by atoms with Crippen molar-refractivity contribution < 1.29 is 19.7 Å². The van der Waals surface area contributed by atoms with Crippen LogP contribution in [0.15, 0.2) is 30.4 Å². The molecule has 1 aromatic carbocycles. The van der Waals surface area contributed by atoms with E-state index in [2.05, 4.69) is 17.1 Å². The van der Waals surface area contributed by atoms with Gasteiger partial charge < -0.3 is 14.9 Å². The number of aliphatic hydroxyl groups excluding tert-OH is 1. The predicted molar refractivity (Wildman–Crippen MR) is 109 cm³/mol. The molecular weight excluding hydrogens is 354 g/mol. The lowest BCUT2D eigenvalue weighted by molar-refractivity contribution is -0.160. The lowest BCUT2D eigenvalue weighted by atomic mass is 9.87. The number of hydrogen-bond donors (Lipinski definition) is 2. The number of carbonyl (C=O) groups is 1. The first-order valence-corrected chi connectivity index (χ1v) is 9.82. The Balaban J connectivity index is 2.13. The van der Waals surface area contributed by atoms with Crippen LogP contribution < -0.4 is 0 Å². The van der Waals surface area contributed by atoms with Crippen molar-refractivity contribution in [1.29, 1.82) is 0 Å². The molecule has 1 aliphatic rings. The number of hydrogen-bond acceptors (Lipinski definition) is 4. The molecule has 0 radical (unpaired) electrons. The van der Waals surface area contributed by atoms with Crippen LogP contribution in [0.3, 0.4) is 0 Å². The van der Waals surface area contributed by atoms with Crippen LogP contribution in [0.2, 0.25) is 0 Å². The molecule has 0 saturated carbocycles. The summed E-state index contributed by atoms with van der Waals surface area (Å²) < 4.78 is 5.84. The van der Waals surface area contributed by atoms with Gasteiger partial charge in [-0.2, -0.15) is 0 Å². The molecule has 0 amide bonds. The highest BCUT2D eigenvalue weighted by atomic mass is 16.5. The first kappa shape index (κ1) is 20.5. The Morgan fingerprint density at radius 1 is 1.32 bits per heavy atom. The highest BCUT2D eigenvalue weighted by Gasteiger charge is 2.28. The van der Waals surface area contributed by atoms with Crippen LogP contribution in [0.1, 0.15) is 74.4 Å². The van der Waals surface area contributed by atoms with Crippen LogP contribution in [-0.2, 0) is 16.1 Å². The number of nitrogens with zero attached hydrogens (tertiary/aromatic N) is 1. The molecule has 2 atom stereocenters. The third-order valence-electron chi connectivity index (χ3n) is 5.10. The van der Waals surface area contributed by atoms with Gasteiger partial charge in [0.25, 0.3) is 0 Å². The van der Waals surface area contributed by atoms with Crippen molar-refractivity contribution in [2.45, 2.75) is 71.2 Å².